The van der Waals surface area contributed by atoms with Crippen LogP contribution in [0.3, 0.4) is 0 Å². The van der Waals surface area contributed by atoms with Crippen molar-refractivity contribution in [2.45, 2.75) is 238 Å². The van der Waals surface area contributed by atoms with Gasteiger partial charge in [-0.3, -0.25) is 9.59 Å². The van der Waals surface area contributed by atoms with Crippen LogP contribution >= 0.6 is 0 Å². The molecule has 0 aromatic carbocycles. The lowest BCUT2D eigenvalue weighted by molar-refractivity contribution is -0.161. The zero-order valence-electron chi connectivity index (χ0n) is 47.3. The predicted octanol–water partition coefficient (Wildman–Crippen LogP) is 20.5. The standard InChI is InChI=1S/C69H108O5/c1-3-5-7-9-11-13-15-17-19-21-23-25-27-29-31-33-34-36-38-40-42-44-46-48-50-52-54-56-58-60-62-64-69(72)74-67(65-70)66-73-68(71)63-61-59-57-55-53-51-49-47-45-43-41-39-37-35-32-30-28-26-24-22-20-18-16-14-12-10-8-6-4-2/h5-8,11-14,17-20,23-26,29-32,34,36-37,39-40,42,46,48,67,70H,3-4,9-10,15-16,21-22,27-28,33,35,38,41,43-45,47,49-66H2,1-2H3/b7-5-,8-6-,13-11-,14-12-,19-17-,20-18-,25-23-,26-24-,31-29-,32-30-,36-34-,39-37-,42-40-,48-46-. The maximum absolute atomic E-state index is 12.3. The molecule has 0 aliphatic heterocycles. The minimum atomic E-state index is -0.797. The fourth-order valence-electron chi connectivity index (χ4n) is 7.63. The van der Waals surface area contributed by atoms with Gasteiger partial charge in [-0.1, -0.05) is 261 Å². The number of hydrogen-bond donors (Lipinski definition) is 1. The van der Waals surface area contributed by atoms with Crippen molar-refractivity contribution in [2.75, 3.05) is 13.2 Å². The first-order chi connectivity index (χ1) is 36.6. The van der Waals surface area contributed by atoms with Crippen molar-refractivity contribution in [1.82, 2.24) is 0 Å². The highest BCUT2D eigenvalue weighted by Gasteiger charge is 2.16. The molecule has 0 amide bonds. The van der Waals surface area contributed by atoms with Crippen LogP contribution in [0, 0.1) is 0 Å². The molecule has 0 aliphatic carbocycles. The first-order valence-electron chi connectivity index (χ1n) is 29.7. The van der Waals surface area contributed by atoms with E-state index in [1.165, 1.54) is 64.2 Å². The highest BCUT2D eigenvalue weighted by molar-refractivity contribution is 5.70. The average Bonchev–Trinajstić information content (AvgIpc) is 3.40. The lowest BCUT2D eigenvalue weighted by Gasteiger charge is -2.15. The van der Waals surface area contributed by atoms with Gasteiger partial charge in [-0.05, 0) is 128 Å². The second-order valence-corrected chi connectivity index (χ2v) is 19.0. The van der Waals surface area contributed by atoms with E-state index in [-0.39, 0.29) is 25.2 Å². The Morgan fingerprint density at radius 3 is 0.811 bits per heavy atom. The van der Waals surface area contributed by atoms with Crippen LogP contribution in [0.15, 0.2) is 170 Å². The summed E-state index contributed by atoms with van der Waals surface area (Å²) in [5, 5.41) is 9.67. The predicted molar refractivity (Wildman–Crippen MR) is 324 cm³/mol. The lowest BCUT2D eigenvalue weighted by Crippen LogP contribution is -2.28. The van der Waals surface area contributed by atoms with Crippen LogP contribution in [0.4, 0.5) is 0 Å². The van der Waals surface area contributed by atoms with Crippen molar-refractivity contribution in [3.63, 3.8) is 0 Å². The maximum atomic E-state index is 12.3. The van der Waals surface area contributed by atoms with Gasteiger partial charge in [-0.25, -0.2) is 0 Å². The molecule has 0 aliphatic rings. The molecule has 0 saturated carbocycles. The van der Waals surface area contributed by atoms with Gasteiger partial charge in [0.05, 0.1) is 6.61 Å². The van der Waals surface area contributed by atoms with E-state index < -0.39 is 6.10 Å². The Morgan fingerprint density at radius 2 is 0.541 bits per heavy atom. The third-order valence-electron chi connectivity index (χ3n) is 12.0. The molecule has 1 atom stereocenters. The summed E-state index contributed by atoms with van der Waals surface area (Å²) in [5.74, 6) is -0.624. The average molecular weight is 1020 g/mol. The van der Waals surface area contributed by atoms with Crippen molar-refractivity contribution < 1.29 is 24.2 Å². The van der Waals surface area contributed by atoms with Gasteiger partial charge in [0.1, 0.15) is 6.61 Å². The van der Waals surface area contributed by atoms with E-state index in [1.54, 1.807) is 0 Å². The summed E-state index contributed by atoms with van der Waals surface area (Å²) in [7, 11) is 0. The normalized spacial score (nSPS) is 13.5. The molecule has 5 heteroatoms. The number of carbonyl (C=O) groups excluding carboxylic acids is 2. The summed E-state index contributed by atoms with van der Waals surface area (Å²) >= 11 is 0. The summed E-state index contributed by atoms with van der Waals surface area (Å²) in [6, 6.07) is 0. The van der Waals surface area contributed by atoms with E-state index in [1.807, 2.05) is 0 Å². The monoisotopic (exact) mass is 1020 g/mol. The Balaban J connectivity index is 3.62. The number of hydrogen-bond acceptors (Lipinski definition) is 5. The third-order valence-corrected chi connectivity index (χ3v) is 12.0. The number of rotatable bonds is 52. The maximum Gasteiger partial charge on any atom is 0.306 e. The molecular weight excluding hydrogens is 909 g/mol. The quantitative estimate of drug-likeness (QED) is 0.0373. The number of allylic oxidation sites excluding steroid dienone is 28. The van der Waals surface area contributed by atoms with Crippen LogP contribution < -0.4 is 0 Å². The third kappa shape index (κ3) is 59.8. The molecule has 1 unspecified atom stereocenters. The molecule has 0 aromatic heterocycles. The van der Waals surface area contributed by atoms with Crippen LogP contribution in [-0.2, 0) is 19.1 Å². The van der Waals surface area contributed by atoms with Crippen LogP contribution in [0.1, 0.15) is 232 Å². The van der Waals surface area contributed by atoms with Gasteiger partial charge in [-0.15, -0.1) is 0 Å². The Morgan fingerprint density at radius 1 is 0.311 bits per heavy atom. The van der Waals surface area contributed by atoms with Crippen LogP contribution in [0.2, 0.25) is 0 Å². The molecule has 1 N–H and O–H groups in total. The zero-order valence-corrected chi connectivity index (χ0v) is 47.3. The van der Waals surface area contributed by atoms with E-state index in [2.05, 4.69) is 184 Å². The Bertz CT molecular complexity index is 1670. The van der Waals surface area contributed by atoms with Gasteiger partial charge in [0, 0.05) is 12.8 Å². The molecule has 0 radical (unpaired) electrons. The van der Waals surface area contributed by atoms with E-state index in [4.69, 9.17) is 9.47 Å². The Hall–Kier alpha value is -4.74. The molecule has 0 bridgehead atoms. The highest BCUT2D eigenvalue weighted by Crippen LogP contribution is 2.14. The molecule has 0 fully saturated rings. The van der Waals surface area contributed by atoms with Gasteiger partial charge >= 0.3 is 11.9 Å². The number of unbranched alkanes of at least 4 members (excludes halogenated alkanes) is 16. The molecule has 0 saturated heterocycles. The van der Waals surface area contributed by atoms with Gasteiger partial charge in [0.25, 0.3) is 0 Å². The number of carbonyl (C=O) groups is 2. The lowest BCUT2D eigenvalue weighted by atomic mass is 10.1. The SMILES string of the molecule is CC/C=C\C/C=C\C/C=C\C/C=C\C/C=C\C/C=C\C/C=C\C/C=C\CCCCCCCCC(=O)OC(CO)COC(=O)CCCCCCCCCCCC/C=C\C/C=C\C/C=C\C/C=C\C/C=C\C/C=C\CC. The molecule has 414 valence electrons. The largest absolute Gasteiger partial charge is 0.462 e. The summed E-state index contributed by atoms with van der Waals surface area (Å²) in [6.45, 7) is 3.89. The molecule has 0 spiro atoms. The van der Waals surface area contributed by atoms with E-state index in [0.717, 1.165) is 141 Å². The molecule has 0 heterocycles. The fourth-order valence-corrected chi connectivity index (χ4v) is 7.63. The van der Waals surface area contributed by atoms with Crippen molar-refractivity contribution in [1.29, 1.82) is 0 Å². The van der Waals surface area contributed by atoms with Crippen LogP contribution in [0.5, 0.6) is 0 Å². The van der Waals surface area contributed by atoms with E-state index in [0.29, 0.717) is 12.8 Å². The molecule has 5 nitrogen and oxygen atoms in total. The van der Waals surface area contributed by atoms with Crippen molar-refractivity contribution in [3.8, 4) is 0 Å². The minimum absolute atomic E-state index is 0.0858. The minimum Gasteiger partial charge on any atom is -0.462 e. The number of esters is 2. The van der Waals surface area contributed by atoms with Gasteiger partial charge in [-0.2, -0.15) is 0 Å². The zero-order chi connectivity index (χ0) is 53.4. The Kier molecular flexibility index (Phi) is 58.5. The number of ether oxygens (including phenoxy) is 2. The van der Waals surface area contributed by atoms with E-state index in [9.17, 15) is 14.7 Å². The summed E-state index contributed by atoms with van der Waals surface area (Å²) in [6.07, 6.45) is 97.5. The fraction of sp³-hybridized carbons (Fsp3) is 0.565. The number of aliphatic hydroxyl groups excluding tert-OH is 1. The molecular formula is C69H108O5. The smallest absolute Gasteiger partial charge is 0.306 e. The van der Waals surface area contributed by atoms with Gasteiger partial charge in [0.2, 0.25) is 0 Å². The van der Waals surface area contributed by atoms with Crippen molar-refractivity contribution in [2.24, 2.45) is 0 Å². The van der Waals surface area contributed by atoms with Crippen LogP contribution in [-0.4, -0.2) is 36.4 Å². The summed E-state index contributed by atoms with van der Waals surface area (Å²) in [4.78, 5) is 24.6. The van der Waals surface area contributed by atoms with Gasteiger partial charge in [0.15, 0.2) is 6.10 Å². The summed E-state index contributed by atoms with van der Waals surface area (Å²) < 4.78 is 10.7. The van der Waals surface area contributed by atoms with E-state index >= 15 is 0 Å². The van der Waals surface area contributed by atoms with Gasteiger partial charge < -0.3 is 14.6 Å². The van der Waals surface area contributed by atoms with Crippen LogP contribution in [0.25, 0.3) is 0 Å². The topological polar surface area (TPSA) is 72.8 Å². The first-order valence-corrected chi connectivity index (χ1v) is 29.7. The second kappa shape index (κ2) is 62.6. The highest BCUT2D eigenvalue weighted by atomic mass is 16.6. The second-order valence-electron chi connectivity index (χ2n) is 19.0. The Labute approximate surface area is 455 Å². The number of aliphatic hydroxyl groups is 1. The van der Waals surface area contributed by atoms with Crippen molar-refractivity contribution in [3.05, 3.63) is 170 Å². The summed E-state index contributed by atoms with van der Waals surface area (Å²) in [5.41, 5.74) is 0. The first kappa shape index (κ1) is 69.3. The van der Waals surface area contributed by atoms with Crippen molar-refractivity contribution >= 4 is 11.9 Å². The molecule has 74 heavy (non-hydrogen) atoms. The molecule has 0 rings (SSSR count). The molecule has 0 aromatic rings.